The van der Waals surface area contributed by atoms with E-state index in [4.69, 9.17) is 14.2 Å². The van der Waals surface area contributed by atoms with Crippen molar-refractivity contribution in [2.75, 3.05) is 26.4 Å². The van der Waals surface area contributed by atoms with Crippen LogP contribution in [0.2, 0.25) is 0 Å². The van der Waals surface area contributed by atoms with Gasteiger partial charge in [-0.15, -0.1) is 6.58 Å². The lowest BCUT2D eigenvalue weighted by Gasteiger charge is -2.09. The zero-order chi connectivity index (χ0) is 22.9. The summed E-state index contributed by atoms with van der Waals surface area (Å²) in [5, 5.41) is 8.69. The van der Waals surface area contributed by atoms with Gasteiger partial charge in [0.2, 0.25) is 0 Å². The van der Waals surface area contributed by atoms with E-state index < -0.39 is 0 Å². The summed E-state index contributed by atoms with van der Waals surface area (Å²) in [6.07, 6.45) is 9.69. The van der Waals surface area contributed by atoms with Crippen LogP contribution in [0.1, 0.15) is 57.4 Å². The molecule has 0 aliphatic heterocycles. The monoisotopic (exact) mass is 438 g/mol. The molecule has 0 aliphatic rings. The first kappa shape index (κ1) is 25.6. The average Bonchev–Trinajstić information content (AvgIpc) is 2.81. The fourth-order valence-electron chi connectivity index (χ4n) is 3.13. The molecule has 0 fully saturated rings. The molecule has 0 spiro atoms. The molecule has 0 atom stereocenters. The average molecular weight is 439 g/mol. The molecule has 32 heavy (non-hydrogen) atoms. The van der Waals surface area contributed by atoms with Crippen molar-refractivity contribution in [3.8, 4) is 11.5 Å². The molecule has 174 valence electrons. The molecule has 0 bridgehead atoms. The number of rotatable bonds is 17. The van der Waals surface area contributed by atoms with Crippen LogP contribution in [0.4, 0.5) is 11.4 Å². The minimum atomic E-state index is 0.637. The first-order valence-corrected chi connectivity index (χ1v) is 11.8. The summed E-state index contributed by atoms with van der Waals surface area (Å²) in [4.78, 5) is 0. The summed E-state index contributed by atoms with van der Waals surface area (Å²) >= 11 is 0. The molecule has 5 heteroatoms. The lowest BCUT2D eigenvalue weighted by molar-refractivity contribution is 0.156. The van der Waals surface area contributed by atoms with Crippen LogP contribution in [0.15, 0.2) is 65.3 Å². The maximum Gasteiger partial charge on any atom is 0.122 e. The third-order valence-electron chi connectivity index (χ3n) is 4.97. The maximum absolute atomic E-state index is 5.93. The number of unbranched alkanes of at least 4 members (excludes halogenated alkanes) is 5. The number of hydrogen-bond acceptors (Lipinski definition) is 5. The Bertz CT molecular complexity index is 803. The van der Waals surface area contributed by atoms with E-state index in [-0.39, 0.29) is 0 Å². The fourth-order valence-corrected chi connectivity index (χ4v) is 3.13. The van der Waals surface area contributed by atoms with Gasteiger partial charge < -0.3 is 14.2 Å². The molecule has 2 aromatic rings. The van der Waals surface area contributed by atoms with Gasteiger partial charge in [0.05, 0.1) is 31.2 Å². The van der Waals surface area contributed by atoms with Crippen molar-refractivity contribution in [2.24, 2.45) is 10.2 Å². The molecule has 0 N–H and O–H groups in total. The predicted octanol–water partition coefficient (Wildman–Crippen LogP) is 8.12. The third kappa shape index (κ3) is 10.6. The largest absolute Gasteiger partial charge is 0.494 e. The molecule has 0 heterocycles. The third-order valence-corrected chi connectivity index (χ3v) is 4.97. The Morgan fingerprint density at radius 2 is 1.44 bits per heavy atom. The summed E-state index contributed by atoms with van der Waals surface area (Å²) < 4.78 is 17.1. The molecule has 0 aromatic heterocycles. The van der Waals surface area contributed by atoms with Gasteiger partial charge in [-0.25, -0.2) is 0 Å². The van der Waals surface area contributed by atoms with Gasteiger partial charge >= 0.3 is 0 Å². The van der Waals surface area contributed by atoms with Gasteiger partial charge in [-0.1, -0.05) is 32.3 Å². The van der Waals surface area contributed by atoms with Gasteiger partial charge in [-0.2, -0.15) is 10.2 Å². The lowest BCUT2D eigenvalue weighted by Crippen LogP contribution is -1.99. The first-order valence-electron chi connectivity index (χ1n) is 11.8. The number of benzene rings is 2. The zero-order valence-corrected chi connectivity index (χ0v) is 19.7. The second-order valence-corrected chi connectivity index (χ2v) is 7.83. The van der Waals surface area contributed by atoms with Crippen LogP contribution >= 0.6 is 0 Å². The second kappa shape index (κ2) is 16.0. The molecule has 0 amide bonds. The van der Waals surface area contributed by atoms with Crippen molar-refractivity contribution < 1.29 is 14.2 Å². The van der Waals surface area contributed by atoms with Crippen LogP contribution in [0, 0.1) is 6.92 Å². The van der Waals surface area contributed by atoms with Gasteiger partial charge in [0.1, 0.15) is 11.5 Å². The van der Waals surface area contributed by atoms with Gasteiger partial charge in [-0.05, 0) is 80.6 Å². The normalized spacial score (nSPS) is 11.1. The van der Waals surface area contributed by atoms with Crippen LogP contribution in [-0.2, 0) is 4.74 Å². The minimum absolute atomic E-state index is 0.637. The Balaban J connectivity index is 1.71. The fraction of sp³-hybridized carbons (Fsp3) is 0.481. The van der Waals surface area contributed by atoms with Crippen LogP contribution in [0.3, 0.4) is 0 Å². The molecular formula is C27H38N2O3. The Hall–Kier alpha value is -2.66. The quantitative estimate of drug-likeness (QED) is 0.142. The minimum Gasteiger partial charge on any atom is -0.494 e. The van der Waals surface area contributed by atoms with E-state index in [1.54, 1.807) is 6.08 Å². The van der Waals surface area contributed by atoms with Crippen LogP contribution < -0.4 is 9.47 Å². The molecule has 0 saturated carbocycles. The first-order chi connectivity index (χ1) is 15.7. The van der Waals surface area contributed by atoms with Crippen LogP contribution in [-0.4, -0.2) is 26.4 Å². The summed E-state index contributed by atoms with van der Waals surface area (Å²) in [6.45, 7) is 10.8. The Morgan fingerprint density at radius 1 is 0.781 bits per heavy atom. The van der Waals surface area contributed by atoms with E-state index in [0.29, 0.717) is 6.61 Å². The van der Waals surface area contributed by atoms with E-state index >= 15 is 0 Å². The number of nitrogens with zero attached hydrogens (tertiary/aromatic N) is 2. The molecule has 2 rings (SSSR count). The van der Waals surface area contributed by atoms with E-state index in [0.717, 1.165) is 80.4 Å². The van der Waals surface area contributed by atoms with E-state index in [1.807, 2.05) is 49.4 Å². The van der Waals surface area contributed by atoms with Gasteiger partial charge in [0.15, 0.2) is 0 Å². The number of ether oxygens (including phenoxy) is 3. The standard InChI is InChI=1S/C27H38N2O3/c1-4-6-9-20-31-26-15-12-24(13-16-26)28-29-25-14-17-27(23(3)22-25)32-21-11-8-7-10-19-30-18-5-2/h5,12-17,22H,2,4,6-11,18-21H2,1,3H3. The molecule has 5 nitrogen and oxygen atoms in total. The number of azo groups is 1. The van der Waals surface area contributed by atoms with Crippen molar-refractivity contribution in [1.29, 1.82) is 0 Å². The molecular weight excluding hydrogens is 400 g/mol. The highest BCUT2D eigenvalue weighted by atomic mass is 16.5. The SMILES string of the molecule is C=CCOCCCCCCOc1ccc(N=Nc2ccc(OCCCCC)cc2)cc1C. The summed E-state index contributed by atoms with van der Waals surface area (Å²) in [7, 11) is 0. The van der Waals surface area contributed by atoms with Gasteiger partial charge in [-0.3, -0.25) is 0 Å². The highest BCUT2D eigenvalue weighted by Gasteiger charge is 2.02. The smallest absolute Gasteiger partial charge is 0.122 e. The van der Waals surface area contributed by atoms with Crippen molar-refractivity contribution >= 4 is 11.4 Å². The van der Waals surface area contributed by atoms with Crippen molar-refractivity contribution in [3.05, 3.63) is 60.7 Å². The Labute approximate surface area is 193 Å². The molecule has 0 unspecified atom stereocenters. The number of hydrogen-bond donors (Lipinski definition) is 0. The van der Waals surface area contributed by atoms with Crippen molar-refractivity contribution in [3.63, 3.8) is 0 Å². The summed E-state index contributed by atoms with van der Waals surface area (Å²) in [5.74, 6) is 1.78. The maximum atomic E-state index is 5.93. The molecule has 0 saturated heterocycles. The number of aryl methyl sites for hydroxylation is 1. The molecule has 2 aromatic carbocycles. The van der Waals surface area contributed by atoms with Crippen LogP contribution in [0.25, 0.3) is 0 Å². The highest BCUT2D eigenvalue weighted by Crippen LogP contribution is 2.26. The van der Waals surface area contributed by atoms with Crippen LogP contribution in [0.5, 0.6) is 11.5 Å². The van der Waals surface area contributed by atoms with Crippen molar-refractivity contribution in [2.45, 2.75) is 58.8 Å². The molecule has 0 aliphatic carbocycles. The second-order valence-electron chi connectivity index (χ2n) is 7.83. The van der Waals surface area contributed by atoms with E-state index in [1.165, 1.54) is 12.8 Å². The molecule has 0 radical (unpaired) electrons. The highest BCUT2D eigenvalue weighted by molar-refractivity contribution is 5.47. The Kier molecular flexibility index (Phi) is 12.8. The lowest BCUT2D eigenvalue weighted by atomic mass is 10.2. The van der Waals surface area contributed by atoms with Gasteiger partial charge in [0.25, 0.3) is 0 Å². The summed E-state index contributed by atoms with van der Waals surface area (Å²) in [6, 6.07) is 13.6. The zero-order valence-electron chi connectivity index (χ0n) is 19.7. The summed E-state index contributed by atoms with van der Waals surface area (Å²) in [5.41, 5.74) is 2.68. The Morgan fingerprint density at radius 3 is 2.16 bits per heavy atom. The topological polar surface area (TPSA) is 52.4 Å². The predicted molar refractivity (Wildman–Crippen MR) is 132 cm³/mol. The van der Waals surface area contributed by atoms with E-state index in [2.05, 4.69) is 23.7 Å². The van der Waals surface area contributed by atoms with Gasteiger partial charge in [0, 0.05) is 6.61 Å². The van der Waals surface area contributed by atoms with E-state index in [9.17, 15) is 0 Å². The van der Waals surface area contributed by atoms with Crippen molar-refractivity contribution in [1.82, 2.24) is 0 Å².